The molecule has 0 saturated carbocycles. The Bertz CT molecular complexity index is 741. The lowest BCUT2D eigenvalue weighted by Crippen LogP contribution is -2.49. The van der Waals surface area contributed by atoms with Crippen LogP contribution in [0.5, 0.6) is 0 Å². The zero-order valence-electron chi connectivity index (χ0n) is 14.9. The van der Waals surface area contributed by atoms with E-state index in [9.17, 15) is 9.59 Å². The van der Waals surface area contributed by atoms with E-state index < -0.39 is 0 Å². The van der Waals surface area contributed by atoms with Crippen molar-refractivity contribution in [3.63, 3.8) is 0 Å². The Hall–Kier alpha value is -2.60. The topological polar surface area (TPSA) is 71.6 Å². The number of H-pyrrole nitrogens is 1. The maximum Gasteiger partial charge on any atom is 0.307 e. The number of nitrogens with one attached hydrogen (secondary N) is 1. The molecular formula is C20H24N2O4. The van der Waals surface area contributed by atoms with Crippen molar-refractivity contribution in [2.45, 2.75) is 25.3 Å². The molecule has 1 aliphatic rings. The van der Waals surface area contributed by atoms with Gasteiger partial charge in [-0.3, -0.25) is 9.59 Å². The molecule has 1 aromatic carbocycles. The minimum atomic E-state index is -0.324. The first kappa shape index (κ1) is 18.2. The van der Waals surface area contributed by atoms with E-state index in [1.165, 1.54) is 7.11 Å². The van der Waals surface area contributed by atoms with Gasteiger partial charge in [-0.05, 0) is 24.1 Å². The lowest BCUT2D eigenvalue weighted by molar-refractivity contribution is -0.148. The molecule has 3 rings (SSSR count). The Kier molecular flexibility index (Phi) is 6.07. The minimum Gasteiger partial charge on any atom is -0.469 e. The summed E-state index contributed by atoms with van der Waals surface area (Å²) in [7, 11) is 1.35. The molecule has 26 heavy (non-hydrogen) atoms. The molecule has 0 bridgehead atoms. The van der Waals surface area contributed by atoms with Crippen LogP contribution < -0.4 is 0 Å². The first-order chi connectivity index (χ1) is 12.7. The monoisotopic (exact) mass is 356 g/mol. The van der Waals surface area contributed by atoms with Gasteiger partial charge in [0.05, 0.1) is 32.8 Å². The summed E-state index contributed by atoms with van der Waals surface area (Å²) in [5, 5.41) is 0. The molecule has 2 heterocycles. The van der Waals surface area contributed by atoms with Gasteiger partial charge in [-0.25, -0.2) is 0 Å². The number of amides is 1. The van der Waals surface area contributed by atoms with Crippen molar-refractivity contribution in [3.05, 3.63) is 48.2 Å². The van der Waals surface area contributed by atoms with Crippen molar-refractivity contribution in [2.75, 3.05) is 26.9 Å². The maximum absolute atomic E-state index is 12.6. The first-order valence-corrected chi connectivity index (χ1v) is 8.84. The molecule has 1 fully saturated rings. The van der Waals surface area contributed by atoms with Crippen LogP contribution in [0.4, 0.5) is 0 Å². The van der Waals surface area contributed by atoms with Gasteiger partial charge in [0, 0.05) is 24.4 Å². The standard InChI is InChI=1S/C20H24N2O4/c1-25-20(24)13-17-14-26-12-11-22(17)19(23)10-8-16-7-9-18(21-16)15-5-3-2-4-6-15/h2-7,9,17,21H,8,10-14H2,1H3/t17-/m0/s1. The van der Waals surface area contributed by atoms with Crippen LogP contribution in [0.15, 0.2) is 42.5 Å². The molecule has 0 unspecified atom stereocenters. The molecule has 1 aliphatic heterocycles. The average Bonchev–Trinajstić information content (AvgIpc) is 3.16. The predicted molar refractivity (Wildman–Crippen MR) is 97.5 cm³/mol. The highest BCUT2D eigenvalue weighted by molar-refractivity contribution is 5.78. The summed E-state index contributed by atoms with van der Waals surface area (Å²) in [6.07, 6.45) is 1.20. The lowest BCUT2D eigenvalue weighted by Gasteiger charge is -2.35. The quantitative estimate of drug-likeness (QED) is 0.807. The van der Waals surface area contributed by atoms with Gasteiger partial charge >= 0.3 is 5.97 Å². The van der Waals surface area contributed by atoms with E-state index >= 15 is 0 Å². The Morgan fingerprint density at radius 1 is 1.23 bits per heavy atom. The summed E-state index contributed by atoms with van der Waals surface area (Å²) < 4.78 is 10.1. The highest BCUT2D eigenvalue weighted by atomic mass is 16.5. The van der Waals surface area contributed by atoms with Crippen molar-refractivity contribution in [2.24, 2.45) is 0 Å². The normalized spacial score (nSPS) is 17.1. The minimum absolute atomic E-state index is 0.0399. The fourth-order valence-electron chi connectivity index (χ4n) is 3.19. The number of morpholine rings is 1. The second kappa shape index (κ2) is 8.67. The van der Waals surface area contributed by atoms with Crippen molar-refractivity contribution in [3.8, 4) is 11.3 Å². The van der Waals surface area contributed by atoms with Gasteiger partial charge in [-0.2, -0.15) is 0 Å². The van der Waals surface area contributed by atoms with Crippen LogP contribution >= 0.6 is 0 Å². The number of methoxy groups -OCH3 is 1. The average molecular weight is 356 g/mol. The molecule has 6 nitrogen and oxygen atoms in total. The van der Waals surface area contributed by atoms with Crippen LogP contribution in [0.25, 0.3) is 11.3 Å². The van der Waals surface area contributed by atoms with E-state index in [0.29, 0.717) is 32.6 Å². The number of carbonyl (C=O) groups excluding carboxylic acids is 2. The van der Waals surface area contributed by atoms with Crippen molar-refractivity contribution >= 4 is 11.9 Å². The number of esters is 1. The van der Waals surface area contributed by atoms with E-state index in [1.54, 1.807) is 4.90 Å². The summed E-state index contributed by atoms with van der Waals surface area (Å²) in [5.41, 5.74) is 3.19. The maximum atomic E-state index is 12.6. The Morgan fingerprint density at radius 2 is 2.04 bits per heavy atom. The van der Waals surface area contributed by atoms with Crippen LogP contribution in [0.1, 0.15) is 18.5 Å². The molecule has 2 aromatic rings. The zero-order valence-corrected chi connectivity index (χ0v) is 14.9. The van der Waals surface area contributed by atoms with Gasteiger partial charge in [-0.15, -0.1) is 0 Å². The van der Waals surface area contributed by atoms with Crippen molar-refractivity contribution in [1.29, 1.82) is 0 Å². The number of nitrogens with zero attached hydrogens (tertiary/aromatic N) is 1. The molecule has 1 amide bonds. The third kappa shape index (κ3) is 4.52. The Balaban J connectivity index is 1.57. The molecule has 1 saturated heterocycles. The largest absolute Gasteiger partial charge is 0.469 e. The number of carbonyl (C=O) groups is 2. The molecule has 1 aromatic heterocycles. The summed E-state index contributed by atoms with van der Waals surface area (Å²) in [4.78, 5) is 29.3. The van der Waals surface area contributed by atoms with Crippen LogP contribution in [-0.2, 0) is 25.5 Å². The van der Waals surface area contributed by atoms with Gasteiger partial charge in [0.25, 0.3) is 0 Å². The van der Waals surface area contributed by atoms with Gasteiger partial charge in [0.1, 0.15) is 0 Å². The van der Waals surface area contributed by atoms with E-state index in [2.05, 4.69) is 4.98 Å². The van der Waals surface area contributed by atoms with Gasteiger partial charge < -0.3 is 19.4 Å². The lowest BCUT2D eigenvalue weighted by atomic mass is 10.1. The zero-order chi connectivity index (χ0) is 18.4. The SMILES string of the molecule is COC(=O)C[C@H]1COCCN1C(=O)CCc1ccc(-c2ccccc2)[nH]1. The van der Waals surface area contributed by atoms with Gasteiger partial charge in [0.2, 0.25) is 5.91 Å². The van der Waals surface area contributed by atoms with Crippen LogP contribution in [0.2, 0.25) is 0 Å². The number of aryl methyl sites for hydroxylation is 1. The van der Waals surface area contributed by atoms with Gasteiger partial charge in [0.15, 0.2) is 0 Å². The van der Waals surface area contributed by atoms with E-state index in [0.717, 1.165) is 17.0 Å². The number of aromatic nitrogens is 1. The highest BCUT2D eigenvalue weighted by Gasteiger charge is 2.29. The van der Waals surface area contributed by atoms with Crippen LogP contribution in [-0.4, -0.2) is 54.7 Å². The van der Waals surface area contributed by atoms with Crippen LogP contribution in [0.3, 0.4) is 0 Å². The number of benzene rings is 1. The van der Waals surface area contributed by atoms with Crippen molar-refractivity contribution < 1.29 is 19.1 Å². The van der Waals surface area contributed by atoms with Crippen molar-refractivity contribution in [1.82, 2.24) is 9.88 Å². The van der Waals surface area contributed by atoms with Gasteiger partial charge in [-0.1, -0.05) is 30.3 Å². The van der Waals surface area contributed by atoms with E-state index in [1.807, 2.05) is 42.5 Å². The fourth-order valence-corrected chi connectivity index (χ4v) is 3.19. The number of hydrogen-bond donors (Lipinski definition) is 1. The summed E-state index contributed by atoms with van der Waals surface area (Å²) in [6.45, 7) is 1.39. The van der Waals surface area contributed by atoms with Crippen LogP contribution in [0, 0.1) is 0 Å². The third-order valence-corrected chi connectivity index (χ3v) is 4.62. The molecule has 0 spiro atoms. The smallest absolute Gasteiger partial charge is 0.307 e. The number of hydrogen-bond acceptors (Lipinski definition) is 4. The van der Waals surface area contributed by atoms with E-state index in [-0.39, 0.29) is 24.3 Å². The summed E-state index contributed by atoms with van der Waals surface area (Å²) >= 11 is 0. The van der Waals surface area contributed by atoms with E-state index in [4.69, 9.17) is 9.47 Å². The molecular weight excluding hydrogens is 332 g/mol. The number of ether oxygens (including phenoxy) is 2. The fraction of sp³-hybridized carbons (Fsp3) is 0.400. The molecule has 0 aliphatic carbocycles. The second-order valence-electron chi connectivity index (χ2n) is 6.36. The predicted octanol–water partition coefficient (Wildman–Crippen LogP) is 2.40. The number of rotatable bonds is 6. The molecule has 138 valence electrons. The third-order valence-electron chi connectivity index (χ3n) is 4.62. The molecule has 1 N–H and O–H groups in total. The Morgan fingerprint density at radius 3 is 2.81 bits per heavy atom. The molecule has 0 radical (unpaired) electrons. The summed E-state index contributed by atoms with van der Waals surface area (Å²) in [5.74, 6) is -0.284. The number of aromatic amines is 1. The molecule has 6 heteroatoms. The second-order valence-corrected chi connectivity index (χ2v) is 6.36. The Labute approximate surface area is 153 Å². The first-order valence-electron chi connectivity index (χ1n) is 8.84. The molecule has 1 atom stereocenters. The summed E-state index contributed by atoms with van der Waals surface area (Å²) in [6, 6.07) is 13.9. The highest BCUT2D eigenvalue weighted by Crippen LogP contribution is 2.19.